The molecule has 0 unspecified atom stereocenters. The fourth-order valence-corrected chi connectivity index (χ4v) is 2.08. The van der Waals surface area contributed by atoms with Crippen LogP contribution in [0.1, 0.15) is 24.5 Å². The number of hydrogen-bond acceptors (Lipinski definition) is 2. The molecular formula is C19H18F3NO2. The SMILES string of the molecule is CCCOc1ccccc1C=CC(=O)Nc1cccc(C(F)(F)F)c1. The van der Waals surface area contributed by atoms with Gasteiger partial charge in [0.05, 0.1) is 12.2 Å². The molecule has 0 aromatic heterocycles. The molecule has 0 aliphatic heterocycles. The molecule has 0 heterocycles. The highest BCUT2D eigenvalue weighted by Crippen LogP contribution is 2.30. The summed E-state index contributed by atoms with van der Waals surface area (Å²) in [6, 6.07) is 11.7. The Kier molecular flexibility index (Phi) is 6.22. The number of amides is 1. The molecule has 2 aromatic rings. The Labute approximate surface area is 144 Å². The molecule has 0 spiro atoms. The van der Waals surface area contributed by atoms with Crippen molar-refractivity contribution in [2.24, 2.45) is 0 Å². The van der Waals surface area contributed by atoms with E-state index in [1.165, 1.54) is 18.2 Å². The van der Waals surface area contributed by atoms with E-state index in [-0.39, 0.29) is 5.69 Å². The molecule has 0 fully saturated rings. The summed E-state index contributed by atoms with van der Waals surface area (Å²) in [6.07, 6.45) is -0.775. The summed E-state index contributed by atoms with van der Waals surface area (Å²) in [6.45, 7) is 2.54. The van der Waals surface area contributed by atoms with Crippen molar-refractivity contribution < 1.29 is 22.7 Å². The minimum Gasteiger partial charge on any atom is -0.493 e. The second-order valence-electron chi connectivity index (χ2n) is 5.29. The van der Waals surface area contributed by atoms with Crippen LogP contribution in [0.2, 0.25) is 0 Å². The quantitative estimate of drug-likeness (QED) is 0.733. The first-order valence-corrected chi connectivity index (χ1v) is 7.78. The molecule has 6 heteroatoms. The van der Waals surface area contributed by atoms with Crippen LogP contribution in [-0.2, 0) is 11.0 Å². The van der Waals surface area contributed by atoms with Gasteiger partial charge in [-0.1, -0.05) is 31.2 Å². The number of halogens is 3. The van der Waals surface area contributed by atoms with Crippen LogP contribution in [0.4, 0.5) is 18.9 Å². The highest BCUT2D eigenvalue weighted by atomic mass is 19.4. The van der Waals surface area contributed by atoms with Crippen LogP contribution >= 0.6 is 0 Å². The first-order valence-electron chi connectivity index (χ1n) is 7.78. The predicted molar refractivity (Wildman–Crippen MR) is 91.3 cm³/mol. The Bertz CT molecular complexity index is 754. The van der Waals surface area contributed by atoms with Crippen molar-refractivity contribution in [3.63, 3.8) is 0 Å². The lowest BCUT2D eigenvalue weighted by molar-refractivity contribution is -0.137. The van der Waals surface area contributed by atoms with Crippen molar-refractivity contribution in [1.29, 1.82) is 0 Å². The number of hydrogen-bond donors (Lipinski definition) is 1. The van der Waals surface area contributed by atoms with Crippen LogP contribution in [-0.4, -0.2) is 12.5 Å². The third-order valence-electron chi connectivity index (χ3n) is 3.25. The van der Waals surface area contributed by atoms with E-state index in [2.05, 4.69) is 5.32 Å². The lowest BCUT2D eigenvalue weighted by atomic mass is 10.1. The summed E-state index contributed by atoms with van der Waals surface area (Å²) in [7, 11) is 0. The fourth-order valence-electron chi connectivity index (χ4n) is 2.08. The Balaban J connectivity index is 2.07. The number of anilines is 1. The van der Waals surface area contributed by atoms with Crippen LogP contribution < -0.4 is 10.1 Å². The molecule has 1 N–H and O–H groups in total. The minimum absolute atomic E-state index is 0.0833. The Morgan fingerprint density at radius 2 is 1.92 bits per heavy atom. The summed E-state index contributed by atoms with van der Waals surface area (Å²) in [4.78, 5) is 12.0. The Hall–Kier alpha value is -2.76. The molecule has 0 atom stereocenters. The van der Waals surface area contributed by atoms with E-state index in [1.54, 1.807) is 18.2 Å². The number of carbonyl (C=O) groups is 1. The van der Waals surface area contributed by atoms with E-state index in [0.717, 1.165) is 24.1 Å². The number of para-hydroxylation sites is 1. The molecule has 0 radical (unpaired) electrons. The summed E-state index contributed by atoms with van der Waals surface area (Å²) in [5, 5.41) is 2.42. The van der Waals surface area contributed by atoms with Gasteiger partial charge in [0, 0.05) is 17.3 Å². The molecule has 2 rings (SSSR count). The van der Waals surface area contributed by atoms with Crippen LogP contribution in [0.25, 0.3) is 6.08 Å². The van der Waals surface area contributed by atoms with Gasteiger partial charge in [-0.25, -0.2) is 0 Å². The third-order valence-corrected chi connectivity index (χ3v) is 3.25. The number of benzene rings is 2. The number of carbonyl (C=O) groups excluding carboxylic acids is 1. The molecule has 0 bridgehead atoms. The first kappa shape index (κ1) is 18.6. The van der Waals surface area contributed by atoms with Crippen molar-refractivity contribution in [2.45, 2.75) is 19.5 Å². The van der Waals surface area contributed by atoms with Gasteiger partial charge in [0.15, 0.2) is 0 Å². The van der Waals surface area contributed by atoms with Crippen molar-refractivity contribution in [2.75, 3.05) is 11.9 Å². The van der Waals surface area contributed by atoms with E-state index >= 15 is 0 Å². The van der Waals surface area contributed by atoms with E-state index in [4.69, 9.17) is 4.74 Å². The van der Waals surface area contributed by atoms with Gasteiger partial charge < -0.3 is 10.1 Å². The van der Waals surface area contributed by atoms with Gasteiger partial charge in [0.1, 0.15) is 5.75 Å². The molecular weight excluding hydrogens is 331 g/mol. The highest BCUT2D eigenvalue weighted by Gasteiger charge is 2.30. The molecule has 0 aliphatic carbocycles. The lowest BCUT2D eigenvalue weighted by Gasteiger charge is -2.09. The standard InChI is InChI=1S/C19H18F3NO2/c1-2-12-25-17-9-4-3-6-14(17)10-11-18(24)23-16-8-5-7-15(13-16)19(20,21)22/h3-11,13H,2,12H2,1H3,(H,23,24). The van der Waals surface area contributed by atoms with Gasteiger partial charge in [-0.15, -0.1) is 0 Å². The molecule has 3 nitrogen and oxygen atoms in total. The average molecular weight is 349 g/mol. The van der Waals surface area contributed by atoms with Crippen molar-refractivity contribution in [1.82, 2.24) is 0 Å². The Morgan fingerprint density at radius 3 is 2.64 bits per heavy atom. The fraction of sp³-hybridized carbons (Fsp3) is 0.211. The van der Waals surface area contributed by atoms with Crippen LogP contribution in [0.3, 0.4) is 0 Å². The zero-order chi connectivity index (χ0) is 18.3. The first-order chi connectivity index (χ1) is 11.9. The number of rotatable bonds is 6. The lowest BCUT2D eigenvalue weighted by Crippen LogP contribution is -2.10. The van der Waals surface area contributed by atoms with E-state index < -0.39 is 17.6 Å². The average Bonchev–Trinajstić information content (AvgIpc) is 2.58. The topological polar surface area (TPSA) is 38.3 Å². The maximum Gasteiger partial charge on any atom is 0.416 e. The van der Waals surface area contributed by atoms with Gasteiger partial charge in [-0.2, -0.15) is 13.2 Å². The predicted octanol–water partition coefficient (Wildman–Crippen LogP) is 5.15. The van der Waals surface area contributed by atoms with Gasteiger partial charge in [0.25, 0.3) is 0 Å². The van der Waals surface area contributed by atoms with Gasteiger partial charge in [-0.3, -0.25) is 4.79 Å². The molecule has 2 aromatic carbocycles. The summed E-state index contributed by atoms with van der Waals surface area (Å²) in [5.41, 5.74) is -0.0114. The summed E-state index contributed by atoms with van der Waals surface area (Å²) < 4.78 is 43.6. The van der Waals surface area contributed by atoms with Crippen LogP contribution in [0.5, 0.6) is 5.75 Å². The zero-order valence-electron chi connectivity index (χ0n) is 13.6. The zero-order valence-corrected chi connectivity index (χ0v) is 13.6. The normalized spacial score (nSPS) is 11.5. The number of alkyl halides is 3. The summed E-state index contributed by atoms with van der Waals surface area (Å²) in [5.74, 6) is 0.122. The maximum atomic E-state index is 12.7. The minimum atomic E-state index is -4.45. The number of ether oxygens (including phenoxy) is 1. The molecule has 0 saturated heterocycles. The largest absolute Gasteiger partial charge is 0.493 e. The third kappa shape index (κ3) is 5.67. The van der Waals surface area contributed by atoms with Crippen molar-refractivity contribution in [3.05, 3.63) is 65.7 Å². The smallest absolute Gasteiger partial charge is 0.416 e. The molecule has 25 heavy (non-hydrogen) atoms. The van der Waals surface area contributed by atoms with Crippen molar-refractivity contribution >= 4 is 17.7 Å². The van der Waals surface area contributed by atoms with Gasteiger partial charge in [-0.05, 0) is 36.8 Å². The molecule has 0 aliphatic rings. The van der Waals surface area contributed by atoms with Crippen LogP contribution in [0.15, 0.2) is 54.6 Å². The monoisotopic (exact) mass is 349 g/mol. The van der Waals surface area contributed by atoms with Crippen LogP contribution in [0, 0.1) is 0 Å². The highest BCUT2D eigenvalue weighted by molar-refractivity contribution is 6.02. The van der Waals surface area contributed by atoms with E-state index in [9.17, 15) is 18.0 Å². The number of nitrogens with one attached hydrogen (secondary N) is 1. The molecule has 0 saturated carbocycles. The maximum absolute atomic E-state index is 12.7. The molecule has 132 valence electrons. The van der Waals surface area contributed by atoms with E-state index in [0.29, 0.717) is 12.4 Å². The van der Waals surface area contributed by atoms with Gasteiger partial charge in [0.2, 0.25) is 5.91 Å². The summed E-state index contributed by atoms with van der Waals surface area (Å²) >= 11 is 0. The Morgan fingerprint density at radius 1 is 1.16 bits per heavy atom. The van der Waals surface area contributed by atoms with E-state index in [1.807, 2.05) is 19.1 Å². The molecule has 1 amide bonds. The second kappa shape index (κ2) is 8.37. The van der Waals surface area contributed by atoms with Crippen molar-refractivity contribution in [3.8, 4) is 5.75 Å². The van der Waals surface area contributed by atoms with Gasteiger partial charge >= 0.3 is 6.18 Å². The second-order valence-corrected chi connectivity index (χ2v) is 5.29.